The maximum atomic E-state index is 14.0. The Labute approximate surface area is 122 Å². The number of rotatable bonds is 3. The highest BCUT2D eigenvalue weighted by molar-refractivity contribution is 5.75. The number of hydrogen-bond donors (Lipinski definition) is 0. The number of benzene rings is 2. The van der Waals surface area contributed by atoms with Gasteiger partial charge in [-0.3, -0.25) is 10.1 Å². The van der Waals surface area contributed by atoms with Gasteiger partial charge < -0.3 is 4.74 Å². The van der Waals surface area contributed by atoms with E-state index >= 15 is 0 Å². The normalized spacial score (nSPS) is 10.6. The SMILES string of the molecule is COc1c(F)c(F)c(-c2ccc(C)cc2[N+](=O)[O-])c(F)c1F. The first-order chi connectivity index (χ1) is 10.3. The molecule has 0 N–H and O–H groups in total. The molecule has 0 atom stereocenters. The molecule has 0 amide bonds. The average Bonchev–Trinajstić information content (AvgIpc) is 2.47. The van der Waals surface area contributed by atoms with Crippen LogP contribution in [-0.4, -0.2) is 12.0 Å². The summed E-state index contributed by atoms with van der Waals surface area (Å²) in [6, 6.07) is 3.41. The van der Waals surface area contributed by atoms with Gasteiger partial charge >= 0.3 is 0 Å². The Morgan fingerprint density at radius 3 is 2.05 bits per heavy atom. The number of halogens is 4. The van der Waals surface area contributed by atoms with E-state index in [2.05, 4.69) is 4.74 Å². The van der Waals surface area contributed by atoms with Crippen LogP contribution in [0.1, 0.15) is 5.56 Å². The van der Waals surface area contributed by atoms with E-state index in [9.17, 15) is 27.7 Å². The molecule has 4 nitrogen and oxygen atoms in total. The quantitative estimate of drug-likeness (QED) is 0.370. The van der Waals surface area contributed by atoms with E-state index in [-0.39, 0.29) is 0 Å². The summed E-state index contributed by atoms with van der Waals surface area (Å²) in [4.78, 5) is 10.1. The van der Waals surface area contributed by atoms with Crippen LogP contribution < -0.4 is 4.74 Å². The summed E-state index contributed by atoms with van der Waals surface area (Å²) in [6.45, 7) is 1.53. The molecule has 0 aliphatic heterocycles. The molecule has 0 saturated carbocycles. The van der Waals surface area contributed by atoms with E-state index in [0.29, 0.717) is 5.56 Å². The Morgan fingerprint density at radius 2 is 1.59 bits per heavy atom. The van der Waals surface area contributed by atoms with E-state index in [0.717, 1.165) is 19.2 Å². The predicted octanol–water partition coefficient (Wildman–Crippen LogP) is 4.14. The number of aryl methyl sites for hydroxylation is 1. The van der Waals surface area contributed by atoms with Crippen molar-refractivity contribution in [2.75, 3.05) is 7.11 Å². The lowest BCUT2D eigenvalue weighted by Gasteiger charge is -2.11. The van der Waals surface area contributed by atoms with Gasteiger partial charge in [-0.2, -0.15) is 8.78 Å². The van der Waals surface area contributed by atoms with Crippen LogP contribution in [0, 0.1) is 40.3 Å². The van der Waals surface area contributed by atoms with Gasteiger partial charge in [-0.25, -0.2) is 8.78 Å². The molecule has 0 aliphatic rings. The zero-order chi connectivity index (χ0) is 16.6. The second kappa shape index (κ2) is 5.63. The molecule has 0 radical (unpaired) electrons. The second-order valence-corrected chi connectivity index (χ2v) is 4.44. The van der Waals surface area contributed by atoms with Crippen molar-refractivity contribution in [1.29, 1.82) is 0 Å². The van der Waals surface area contributed by atoms with E-state index in [1.165, 1.54) is 13.0 Å². The molecule has 2 aromatic carbocycles. The Kier molecular flexibility index (Phi) is 4.03. The number of hydrogen-bond acceptors (Lipinski definition) is 3. The Hall–Kier alpha value is -2.64. The van der Waals surface area contributed by atoms with Gasteiger partial charge in [-0.15, -0.1) is 0 Å². The van der Waals surface area contributed by atoms with E-state index < -0.39 is 50.8 Å². The highest BCUT2D eigenvalue weighted by Crippen LogP contribution is 2.39. The van der Waals surface area contributed by atoms with Crippen molar-refractivity contribution in [3.8, 4) is 16.9 Å². The Bertz CT molecular complexity index is 748. The summed E-state index contributed by atoms with van der Waals surface area (Å²) < 4.78 is 59.8. The van der Waals surface area contributed by atoms with Gasteiger partial charge in [0.1, 0.15) is 0 Å². The molecule has 116 valence electrons. The van der Waals surface area contributed by atoms with E-state index in [4.69, 9.17) is 0 Å². The van der Waals surface area contributed by atoms with Gasteiger partial charge in [0.05, 0.1) is 23.2 Å². The smallest absolute Gasteiger partial charge is 0.277 e. The van der Waals surface area contributed by atoms with Crippen LogP contribution in [0.25, 0.3) is 11.1 Å². The molecule has 0 saturated heterocycles. The molecule has 0 bridgehead atoms. The van der Waals surface area contributed by atoms with Crippen LogP contribution in [0.3, 0.4) is 0 Å². The standard InChI is InChI=1S/C14H9F4NO3/c1-6-3-4-7(8(5-6)19(20)21)9-10(15)12(17)14(22-2)13(18)11(9)16/h3-5H,1-2H3. The van der Waals surface area contributed by atoms with Crippen molar-refractivity contribution in [2.24, 2.45) is 0 Å². The summed E-state index contributed by atoms with van der Waals surface area (Å²) >= 11 is 0. The summed E-state index contributed by atoms with van der Waals surface area (Å²) in [5.41, 5.74) is -1.93. The first-order valence-corrected chi connectivity index (χ1v) is 5.95. The van der Waals surface area contributed by atoms with Crippen molar-refractivity contribution in [2.45, 2.75) is 6.92 Å². The van der Waals surface area contributed by atoms with Gasteiger partial charge in [0.25, 0.3) is 5.69 Å². The third-order valence-electron chi connectivity index (χ3n) is 3.05. The lowest BCUT2D eigenvalue weighted by molar-refractivity contribution is -0.384. The summed E-state index contributed by atoms with van der Waals surface area (Å²) in [7, 11) is 0.842. The highest BCUT2D eigenvalue weighted by atomic mass is 19.2. The zero-order valence-corrected chi connectivity index (χ0v) is 11.4. The molecule has 2 aromatic rings. The molecule has 0 aromatic heterocycles. The summed E-state index contributed by atoms with van der Waals surface area (Å²) in [5.74, 6) is -8.27. The first kappa shape index (κ1) is 15.7. The predicted molar refractivity (Wildman–Crippen MR) is 69.7 cm³/mol. The molecule has 8 heteroatoms. The third kappa shape index (κ3) is 2.36. The highest BCUT2D eigenvalue weighted by Gasteiger charge is 2.30. The lowest BCUT2D eigenvalue weighted by atomic mass is 10.00. The van der Waals surface area contributed by atoms with E-state index in [1.54, 1.807) is 0 Å². The van der Waals surface area contributed by atoms with Crippen molar-refractivity contribution < 1.29 is 27.2 Å². The molecule has 0 fully saturated rings. The fraction of sp³-hybridized carbons (Fsp3) is 0.143. The topological polar surface area (TPSA) is 52.4 Å². The fourth-order valence-electron chi connectivity index (χ4n) is 2.03. The Balaban J connectivity index is 2.88. The van der Waals surface area contributed by atoms with Crippen LogP contribution in [0.15, 0.2) is 18.2 Å². The number of methoxy groups -OCH3 is 1. The summed E-state index contributed by atoms with van der Waals surface area (Å²) in [5, 5.41) is 11.0. The van der Waals surface area contributed by atoms with Crippen LogP contribution in [0.4, 0.5) is 23.2 Å². The van der Waals surface area contributed by atoms with Gasteiger partial charge in [-0.1, -0.05) is 6.07 Å². The van der Waals surface area contributed by atoms with E-state index in [1.807, 2.05) is 0 Å². The maximum absolute atomic E-state index is 14.0. The molecule has 0 spiro atoms. The van der Waals surface area contributed by atoms with Crippen molar-refractivity contribution in [3.05, 3.63) is 57.1 Å². The minimum atomic E-state index is -1.76. The van der Waals surface area contributed by atoms with Crippen molar-refractivity contribution in [1.82, 2.24) is 0 Å². The number of nitro groups is 1. The zero-order valence-electron chi connectivity index (χ0n) is 11.4. The molecule has 0 heterocycles. The minimum Gasteiger partial charge on any atom is -0.491 e. The maximum Gasteiger partial charge on any atom is 0.277 e. The van der Waals surface area contributed by atoms with Crippen LogP contribution >= 0.6 is 0 Å². The van der Waals surface area contributed by atoms with Gasteiger partial charge in [0, 0.05) is 6.07 Å². The van der Waals surface area contributed by atoms with Gasteiger partial charge in [0.15, 0.2) is 17.4 Å². The number of ether oxygens (including phenoxy) is 1. The lowest BCUT2D eigenvalue weighted by Crippen LogP contribution is -2.05. The average molecular weight is 315 g/mol. The Morgan fingerprint density at radius 1 is 1.05 bits per heavy atom. The first-order valence-electron chi connectivity index (χ1n) is 5.95. The second-order valence-electron chi connectivity index (χ2n) is 4.44. The number of nitrogens with zero attached hydrogens (tertiary/aromatic N) is 1. The minimum absolute atomic E-state index is 0.450. The summed E-state index contributed by atoms with van der Waals surface area (Å²) in [6.07, 6.45) is 0. The molecule has 0 unspecified atom stereocenters. The molecular formula is C14H9F4NO3. The van der Waals surface area contributed by atoms with Crippen LogP contribution in [0.5, 0.6) is 5.75 Å². The van der Waals surface area contributed by atoms with Gasteiger partial charge in [0.2, 0.25) is 11.6 Å². The molecule has 0 aliphatic carbocycles. The largest absolute Gasteiger partial charge is 0.491 e. The van der Waals surface area contributed by atoms with Crippen LogP contribution in [0.2, 0.25) is 0 Å². The fourth-order valence-corrected chi connectivity index (χ4v) is 2.03. The molecule has 22 heavy (non-hydrogen) atoms. The molecular weight excluding hydrogens is 306 g/mol. The number of nitro benzene ring substituents is 1. The van der Waals surface area contributed by atoms with Crippen LogP contribution in [-0.2, 0) is 0 Å². The van der Waals surface area contributed by atoms with Gasteiger partial charge in [-0.05, 0) is 18.6 Å². The third-order valence-corrected chi connectivity index (χ3v) is 3.05. The monoisotopic (exact) mass is 315 g/mol. The van der Waals surface area contributed by atoms with Crippen molar-refractivity contribution in [3.63, 3.8) is 0 Å². The van der Waals surface area contributed by atoms with Crippen molar-refractivity contribution >= 4 is 5.69 Å². The molecule has 2 rings (SSSR count).